The van der Waals surface area contributed by atoms with Gasteiger partial charge in [0.25, 0.3) is 0 Å². The summed E-state index contributed by atoms with van der Waals surface area (Å²) in [6, 6.07) is 17.9. The predicted octanol–water partition coefficient (Wildman–Crippen LogP) is 4.09. The summed E-state index contributed by atoms with van der Waals surface area (Å²) in [6.07, 6.45) is 1.34. The second-order valence-electron chi connectivity index (χ2n) is 6.29. The minimum atomic E-state index is -0.950. The number of oxime groups is 1. The molecule has 0 fully saturated rings. The Morgan fingerprint density at radius 1 is 1.11 bits per heavy atom. The van der Waals surface area contributed by atoms with Crippen molar-refractivity contribution in [1.82, 2.24) is 0 Å². The largest absolute Gasteiger partial charge is 0.479 e. The molecule has 27 heavy (non-hydrogen) atoms. The highest BCUT2D eigenvalue weighted by Crippen LogP contribution is 2.11. The van der Waals surface area contributed by atoms with Crippen molar-refractivity contribution in [2.24, 2.45) is 5.16 Å². The third kappa shape index (κ3) is 7.23. The van der Waals surface area contributed by atoms with Crippen molar-refractivity contribution in [2.75, 3.05) is 13.2 Å². The number of carboxylic acids is 1. The molecule has 0 aliphatic heterocycles. The van der Waals surface area contributed by atoms with Gasteiger partial charge in [-0.3, -0.25) is 0 Å². The summed E-state index contributed by atoms with van der Waals surface area (Å²) in [4.78, 5) is 16.7. The molecule has 0 heterocycles. The topological polar surface area (TPSA) is 68.1 Å². The van der Waals surface area contributed by atoms with Crippen molar-refractivity contribution in [1.29, 1.82) is 0 Å². The van der Waals surface area contributed by atoms with E-state index in [0.29, 0.717) is 19.6 Å². The second kappa shape index (κ2) is 11.1. The van der Waals surface area contributed by atoms with Crippen LogP contribution in [0.1, 0.15) is 37.0 Å². The zero-order valence-electron chi connectivity index (χ0n) is 15.9. The van der Waals surface area contributed by atoms with Crippen LogP contribution in [0.25, 0.3) is 0 Å². The average Bonchev–Trinajstić information content (AvgIpc) is 2.68. The van der Waals surface area contributed by atoms with Crippen LogP contribution in [0, 0.1) is 0 Å². The Kier molecular flexibility index (Phi) is 8.52. The predicted molar refractivity (Wildman–Crippen MR) is 106 cm³/mol. The van der Waals surface area contributed by atoms with Gasteiger partial charge in [-0.1, -0.05) is 53.7 Å². The summed E-state index contributed by atoms with van der Waals surface area (Å²) >= 11 is 0. The Hall–Kier alpha value is -2.66. The molecule has 0 radical (unpaired) electrons. The lowest BCUT2D eigenvalue weighted by molar-refractivity contribution is -0.149. The van der Waals surface area contributed by atoms with Gasteiger partial charge in [-0.05, 0) is 49.4 Å². The number of rotatable bonds is 11. The van der Waals surface area contributed by atoms with E-state index >= 15 is 0 Å². The molecule has 5 heteroatoms. The zero-order valence-corrected chi connectivity index (χ0v) is 15.9. The van der Waals surface area contributed by atoms with Crippen molar-refractivity contribution >= 4 is 11.7 Å². The summed E-state index contributed by atoms with van der Waals surface area (Å²) in [6.45, 7) is 4.59. The quantitative estimate of drug-likeness (QED) is 0.368. The normalized spacial score (nSPS) is 12.6. The first kappa shape index (κ1) is 20.6. The number of hydrogen-bond acceptors (Lipinski definition) is 4. The smallest absolute Gasteiger partial charge is 0.333 e. The van der Waals surface area contributed by atoms with Gasteiger partial charge in [0.1, 0.15) is 6.61 Å². The highest BCUT2D eigenvalue weighted by molar-refractivity contribution is 5.98. The van der Waals surface area contributed by atoms with Crippen LogP contribution in [0.4, 0.5) is 0 Å². The third-order valence-corrected chi connectivity index (χ3v) is 4.15. The van der Waals surface area contributed by atoms with Crippen molar-refractivity contribution in [3.05, 3.63) is 71.3 Å². The standard InChI is InChI=1S/C22H27NO4/c1-3-26-21(22(24)25)16-19-11-7-13-20(15-19)17(2)23-27-14-8-12-18-9-5-4-6-10-18/h4-7,9-11,13,15,21H,3,8,12,14,16H2,1-2H3,(H,24,25)/b23-17+. The van der Waals surface area contributed by atoms with Crippen molar-refractivity contribution in [3.8, 4) is 0 Å². The van der Waals surface area contributed by atoms with E-state index in [1.165, 1.54) is 5.56 Å². The van der Waals surface area contributed by atoms with E-state index in [1.807, 2.05) is 49.4 Å². The van der Waals surface area contributed by atoms with Crippen LogP contribution in [0.2, 0.25) is 0 Å². The number of nitrogens with zero attached hydrogens (tertiary/aromatic N) is 1. The van der Waals surface area contributed by atoms with Crippen LogP contribution >= 0.6 is 0 Å². The summed E-state index contributed by atoms with van der Waals surface area (Å²) in [5, 5.41) is 13.4. The minimum Gasteiger partial charge on any atom is -0.479 e. The molecular weight excluding hydrogens is 342 g/mol. The maximum atomic E-state index is 11.2. The molecule has 0 aromatic heterocycles. The highest BCUT2D eigenvalue weighted by Gasteiger charge is 2.18. The van der Waals surface area contributed by atoms with Crippen LogP contribution in [0.3, 0.4) is 0 Å². The van der Waals surface area contributed by atoms with Gasteiger partial charge in [0, 0.05) is 13.0 Å². The van der Waals surface area contributed by atoms with Crippen LogP contribution in [0.5, 0.6) is 0 Å². The summed E-state index contributed by atoms with van der Waals surface area (Å²) in [5.74, 6) is -0.950. The Bertz CT molecular complexity index is 743. The molecule has 0 bridgehead atoms. The summed E-state index contributed by atoms with van der Waals surface area (Å²) < 4.78 is 5.28. The molecule has 1 atom stereocenters. The van der Waals surface area contributed by atoms with Crippen molar-refractivity contribution in [2.45, 2.75) is 39.2 Å². The van der Waals surface area contributed by atoms with Crippen molar-refractivity contribution in [3.63, 3.8) is 0 Å². The SMILES string of the molecule is CCOC(Cc1cccc(/C(C)=N/OCCCc2ccccc2)c1)C(=O)O. The Labute approximate surface area is 160 Å². The fraction of sp³-hybridized carbons (Fsp3) is 0.364. The van der Waals surface area contributed by atoms with Gasteiger partial charge in [-0.2, -0.15) is 0 Å². The number of carbonyl (C=O) groups is 1. The zero-order chi connectivity index (χ0) is 19.5. The highest BCUT2D eigenvalue weighted by atomic mass is 16.6. The van der Waals surface area contributed by atoms with E-state index in [9.17, 15) is 9.90 Å². The number of aryl methyl sites for hydroxylation is 1. The van der Waals surface area contributed by atoms with Gasteiger partial charge in [0.2, 0.25) is 0 Å². The van der Waals surface area contributed by atoms with Gasteiger partial charge in [-0.25, -0.2) is 4.79 Å². The summed E-state index contributed by atoms with van der Waals surface area (Å²) in [7, 11) is 0. The monoisotopic (exact) mass is 369 g/mol. The van der Waals surface area contributed by atoms with Crippen LogP contribution in [-0.4, -0.2) is 36.1 Å². The lowest BCUT2D eigenvalue weighted by Gasteiger charge is -2.13. The maximum absolute atomic E-state index is 11.2. The molecule has 0 saturated carbocycles. The van der Waals surface area contributed by atoms with Gasteiger partial charge < -0.3 is 14.7 Å². The number of aliphatic carboxylic acids is 1. The molecular formula is C22H27NO4. The van der Waals surface area contributed by atoms with E-state index < -0.39 is 12.1 Å². The summed E-state index contributed by atoms with van der Waals surface area (Å²) in [5.41, 5.74) is 3.86. The van der Waals surface area contributed by atoms with Gasteiger partial charge in [-0.15, -0.1) is 0 Å². The molecule has 0 saturated heterocycles. The van der Waals surface area contributed by atoms with E-state index in [0.717, 1.165) is 29.7 Å². The molecule has 2 aromatic rings. The Balaban J connectivity index is 1.87. The third-order valence-electron chi connectivity index (χ3n) is 4.15. The number of ether oxygens (including phenoxy) is 1. The Morgan fingerprint density at radius 3 is 2.56 bits per heavy atom. The lowest BCUT2D eigenvalue weighted by Crippen LogP contribution is -2.26. The number of hydrogen-bond donors (Lipinski definition) is 1. The number of carboxylic acid groups (broad SMARTS) is 1. The van der Waals surface area contributed by atoms with Gasteiger partial charge in [0.05, 0.1) is 5.71 Å². The second-order valence-corrected chi connectivity index (χ2v) is 6.29. The molecule has 0 aliphatic carbocycles. The molecule has 1 N–H and O–H groups in total. The van der Waals surface area contributed by atoms with E-state index in [-0.39, 0.29) is 0 Å². The van der Waals surface area contributed by atoms with Crippen LogP contribution in [0.15, 0.2) is 59.8 Å². The van der Waals surface area contributed by atoms with Crippen LogP contribution in [-0.2, 0) is 27.2 Å². The molecule has 144 valence electrons. The first-order valence-corrected chi connectivity index (χ1v) is 9.24. The lowest BCUT2D eigenvalue weighted by atomic mass is 10.0. The van der Waals surface area contributed by atoms with Gasteiger partial charge >= 0.3 is 5.97 Å². The molecule has 0 spiro atoms. The molecule has 2 rings (SSSR count). The van der Waals surface area contributed by atoms with E-state index in [2.05, 4.69) is 17.3 Å². The minimum absolute atomic E-state index is 0.322. The first-order valence-electron chi connectivity index (χ1n) is 9.24. The first-order chi connectivity index (χ1) is 13.1. The molecule has 0 amide bonds. The fourth-order valence-corrected chi connectivity index (χ4v) is 2.74. The maximum Gasteiger partial charge on any atom is 0.333 e. The molecule has 0 aliphatic rings. The van der Waals surface area contributed by atoms with E-state index in [1.54, 1.807) is 6.92 Å². The molecule has 2 aromatic carbocycles. The molecule has 1 unspecified atom stereocenters. The van der Waals surface area contributed by atoms with Crippen LogP contribution < -0.4 is 0 Å². The fourth-order valence-electron chi connectivity index (χ4n) is 2.74. The van der Waals surface area contributed by atoms with Crippen molar-refractivity contribution < 1.29 is 19.5 Å². The number of benzene rings is 2. The average molecular weight is 369 g/mol. The Morgan fingerprint density at radius 2 is 1.85 bits per heavy atom. The van der Waals surface area contributed by atoms with Gasteiger partial charge in [0.15, 0.2) is 6.10 Å². The molecule has 5 nitrogen and oxygen atoms in total. The van der Waals surface area contributed by atoms with E-state index in [4.69, 9.17) is 9.57 Å².